The molecular formula is C36H38Cl2N10O5. The van der Waals surface area contributed by atoms with E-state index >= 15 is 0 Å². The van der Waals surface area contributed by atoms with Gasteiger partial charge < -0.3 is 45.1 Å². The van der Waals surface area contributed by atoms with Crippen molar-refractivity contribution in [1.82, 2.24) is 39.5 Å². The zero-order chi connectivity index (χ0) is 36.6. The summed E-state index contributed by atoms with van der Waals surface area (Å²) in [7, 11) is 0. The molecule has 6 N–H and O–H groups in total. The Kier molecular flexibility index (Phi) is 9.89. The fraction of sp³-hybridized carbons (Fsp3) is 0.389. The van der Waals surface area contributed by atoms with Crippen LogP contribution < -0.4 is 11.5 Å². The average molecular weight is 762 g/mol. The minimum absolute atomic E-state index is 0.0104. The number of fused-ring (bicyclic) bond motifs is 4. The van der Waals surface area contributed by atoms with Crippen LogP contribution in [-0.4, -0.2) is 77.6 Å². The number of halogens is 2. The molecule has 2 aliphatic carbocycles. The SMILES string of the molecule is Nc1nc(Cl)c2[nH]cnc2n1.Nc1nc(Cl)c2ncn(C[C@@]34COC(c5ccccc5)OC[C@@H]3C4)c2n1.OC[C@@]12COC(c3ccccc3)OC[C@@H]1C2. The van der Waals surface area contributed by atoms with Crippen molar-refractivity contribution in [1.29, 1.82) is 0 Å². The summed E-state index contributed by atoms with van der Waals surface area (Å²) in [4.78, 5) is 26.8. The standard InChI is InChI=1S/C18H18ClN5O2.C13H16O3.C5H4ClN5/c19-14-13-15(23-17(20)22-14)24(10-21-13)8-18-6-12(18)7-25-16(26-9-18)11-4-2-1-3-5-11;14-8-13-6-11(13)7-15-12(16-9-13)10-4-2-1-3-5-10;6-3-2-4(9-1-8-2)11-5(7)10-3/h1-5,10,12,16H,6-9H2,(H2,20,22,23);1-5,11-12,14H,6-9H2;1H,(H3,7,8,9,10,11)/t12-,16?,18-;11-,12?,13-;/m00./s1. The lowest BCUT2D eigenvalue weighted by molar-refractivity contribution is -0.143. The third-order valence-corrected chi connectivity index (χ3v) is 10.8. The Hall–Kier alpha value is -4.48. The van der Waals surface area contributed by atoms with Crippen LogP contribution in [0.3, 0.4) is 0 Å². The van der Waals surface area contributed by atoms with Crippen LogP contribution in [0.25, 0.3) is 22.3 Å². The Morgan fingerprint density at radius 2 is 1.34 bits per heavy atom. The monoisotopic (exact) mass is 760 g/mol. The Morgan fingerprint density at radius 1 is 0.755 bits per heavy atom. The number of aromatic nitrogens is 8. The first-order valence-electron chi connectivity index (χ1n) is 17.2. The van der Waals surface area contributed by atoms with Gasteiger partial charge in [-0.25, -0.2) is 9.97 Å². The van der Waals surface area contributed by atoms with Gasteiger partial charge >= 0.3 is 0 Å². The lowest BCUT2D eigenvalue weighted by atomic mass is 10.1. The van der Waals surface area contributed by atoms with Gasteiger partial charge in [-0.15, -0.1) is 0 Å². The average Bonchev–Trinajstić information content (AvgIpc) is 3.94. The van der Waals surface area contributed by atoms with E-state index in [2.05, 4.69) is 34.9 Å². The number of hydrogen-bond donors (Lipinski definition) is 4. The van der Waals surface area contributed by atoms with Crippen molar-refractivity contribution in [2.24, 2.45) is 22.7 Å². The molecule has 6 atom stereocenters. The first-order valence-corrected chi connectivity index (χ1v) is 17.9. The summed E-state index contributed by atoms with van der Waals surface area (Å²) in [6.07, 6.45) is 4.75. The normalized spacial score (nSPS) is 27.2. The third kappa shape index (κ3) is 7.51. The molecule has 2 aliphatic heterocycles. The second-order valence-electron chi connectivity index (χ2n) is 13.8. The van der Waals surface area contributed by atoms with Crippen LogP contribution in [0.2, 0.25) is 10.3 Å². The van der Waals surface area contributed by atoms with E-state index in [4.69, 9.17) is 53.6 Å². The minimum atomic E-state index is -0.312. The lowest BCUT2D eigenvalue weighted by Gasteiger charge is -2.19. The van der Waals surface area contributed by atoms with Crippen LogP contribution in [-0.2, 0) is 25.5 Å². The van der Waals surface area contributed by atoms with Crippen molar-refractivity contribution in [2.45, 2.75) is 32.0 Å². The number of imidazole rings is 2. The number of aliphatic hydroxyl groups excluding tert-OH is 1. The number of H-pyrrole nitrogens is 1. The molecule has 10 rings (SSSR count). The number of rotatable bonds is 5. The molecule has 4 aromatic heterocycles. The second kappa shape index (κ2) is 14.7. The molecule has 6 aromatic rings. The van der Waals surface area contributed by atoms with Gasteiger partial charge in [-0.3, -0.25) is 0 Å². The van der Waals surface area contributed by atoms with Crippen molar-refractivity contribution in [3.8, 4) is 0 Å². The molecule has 276 valence electrons. The highest BCUT2D eigenvalue weighted by atomic mass is 35.5. The number of nitrogens with one attached hydrogen (secondary N) is 1. The van der Waals surface area contributed by atoms with E-state index in [9.17, 15) is 5.11 Å². The maximum Gasteiger partial charge on any atom is 0.223 e. The van der Waals surface area contributed by atoms with Crippen molar-refractivity contribution in [3.63, 3.8) is 0 Å². The van der Waals surface area contributed by atoms with Crippen LogP contribution in [0, 0.1) is 22.7 Å². The maximum absolute atomic E-state index is 9.34. The molecule has 2 unspecified atom stereocenters. The molecule has 2 saturated carbocycles. The van der Waals surface area contributed by atoms with Crippen LogP contribution >= 0.6 is 23.2 Å². The molecule has 6 heterocycles. The molecule has 15 nitrogen and oxygen atoms in total. The van der Waals surface area contributed by atoms with E-state index in [1.54, 1.807) is 6.33 Å². The molecule has 4 fully saturated rings. The fourth-order valence-corrected chi connectivity index (χ4v) is 7.40. The number of nitrogens with two attached hydrogens (primary N) is 2. The minimum Gasteiger partial charge on any atom is -0.396 e. The smallest absolute Gasteiger partial charge is 0.223 e. The first-order chi connectivity index (χ1) is 25.8. The van der Waals surface area contributed by atoms with Gasteiger partial charge in [-0.2, -0.15) is 19.9 Å². The zero-order valence-electron chi connectivity index (χ0n) is 28.5. The van der Waals surface area contributed by atoms with Gasteiger partial charge in [0.05, 0.1) is 45.7 Å². The predicted molar refractivity (Wildman–Crippen MR) is 196 cm³/mol. The molecular weight excluding hydrogens is 723 g/mol. The Balaban J connectivity index is 0.000000126. The number of nitrogen functional groups attached to an aromatic ring is 2. The Labute approximate surface area is 314 Å². The van der Waals surface area contributed by atoms with E-state index in [1.165, 1.54) is 6.33 Å². The van der Waals surface area contributed by atoms with E-state index < -0.39 is 0 Å². The summed E-state index contributed by atoms with van der Waals surface area (Å²) in [6, 6.07) is 20.0. The van der Waals surface area contributed by atoms with Crippen LogP contribution in [0.1, 0.15) is 36.5 Å². The van der Waals surface area contributed by atoms with Crippen LogP contribution in [0.5, 0.6) is 0 Å². The van der Waals surface area contributed by atoms with Gasteiger partial charge in [0.1, 0.15) is 11.0 Å². The van der Waals surface area contributed by atoms with Crippen LogP contribution in [0.4, 0.5) is 11.9 Å². The summed E-state index contributed by atoms with van der Waals surface area (Å²) in [5.74, 6) is 1.22. The molecule has 0 amide bonds. The molecule has 4 aliphatic rings. The molecule has 0 spiro atoms. The van der Waals surface area contributed by atoms with Crippen molar-refractivity contribution in [3.05, 3.63) is 94.8 Å². The van der Waals surface area contributed by atoms with Crippen molar-refractivity contribution in [2.75, 3.05) is 44.5 Å². The number of benzene rings is 2. The van der Waals surface area contributed by atoms with E-state index in [0.29, 0.717) is 65.7 Å². The summed E-state index contributed by atoms with van der Waals surface area (Å²) in [6.45, 7) is 3.57. The molecule has 2 aromatic carbocycles. The van der Waals surface area contributed by atoms with Crippen LogP contribution in [0.15, 0.2) is 73.3 Å². The summed E-state index contributed by atoms with van der Waals surface area (Å²) < 4.78 is 25.6. The van der Waals surface area contributed by atoms with Gasteiger partial charge in [0.15, 0.2) is 34.2 Å². The first kappa shape index (κ1) is 35.5. The third-order valence-electron chi connectivity index (χ3n) is 10.3. The topological polar surface area (TPSA) is 207 Å². The number of nitrogens with zero attached hydrogens (tertiary/aromatic N) is 7. The molecule has 17 heteroatoms. The molecule has 2 saturated heterocycles. The molecule has 0 bridgehead atoms. The summed E-state index contributed by atoms with van der Waals surface area (Å²) in [5.41, 5.74) is 15.5. The number of aromatic amines is 1. The fourth-order valence-electron chi connectivity index (χ4n) is 6.95. The number of anilines is 2. The van der Waals surface area contributed by atoms with Gasteiger partial charge in [0.2, 0.25) is 11.9 Å². The van der Waals surface area contributed by atoms with Gasteiger partial charge in [-0.05, 0) is 24.7 Å². The Morgan fingerprint density at radius 3 is 2.00 bits per heavy atom. The van der Waals surface area contributed by atoms with Gasteiger partial charge in [0.25, 0.3) is 0 Å². The maximum atomic E-state index is 9.34. The molecule has 0 radical (unpaired) electrons. The van der Waals surface area contributed by atoms with Gasteiger partial charge in [0, 0.05) is 28.5 Å². The highest BCUT2D eigenvalue weighted by Crippen LogP contribution is 2.57. The number of hydrogen-bond acceptors (Lipinski definition) is 13. The van der Waals surface area contributed by atoms with Gasteiger partial charge in [-0.1, -0.05) is 83.9 Å². The highest BCUT2D eigenvalue weighted by molar-refractivity contribution is 6.34. The number of ether oxygens (including phenoxy) is 4. The largest absolute Gasteiger partial charge is 0.396 e. The van der Waals surface area contributed by atoms with E-state index in [1.807, 2.05) is 65.2 Å². The summed E-state index contributed by atoms with van der Waals surface area (Å²) >= 11 is 11.8. The van der Waals surface area contributed by atoms with Crippen molar-refractivity contribution >= 4 is 57.4 Å². The quantitative estimate of drug-likeness (QED) is 0.168. The zero-order valence-corrected chi connectivity index (χ0v) is 30.0. The number of aliphatic hydroxyl groups is 1. The highest BCUT2D eigenvalue weighted by Gasteiger charge is 2.57. The second-order valence-corrected chi connectivity index (χ2v) is 14.6. The van der Waals surface area contributed by atoms with E-state index in [0.717, 1.165) is 30.5 Å². The Bertz CT molecular complexity index is 2190. The van der Waals surface area contributed by atoms with E-state index in [-0.39, 0.29) is 47.1 Å². The summed E-state index contributed by atoms with van der Waals surface area (Å²) in [5, 5.41) is 9.91. The lowest BCUT2D eigenvalue weighted by Crippen LogP contribution is -2.20. The molecule has 53 heavy (non-hydrogen) atoms. The predicted octanol–water partition coefficient (Wildman–Crippen LogP) is 5.13. The van der Waals surface area contributed by atoms with Crippen molar-refractivity contribution < 1.29 is 24.1 Å².